The van der Waals surface area contributed by atoms with Gasteiger partial charge in [-0.15, -0.1) is 0 Å². The molecule has 4 heteroatoms. The van der Waals surface area contributed by atoms with Gasteiger partial charge in [0.1, 0.15) is 36.9 Å². The van der Waals surface area contributed by atoms with E-state index in [1.165, 1.54) is 41.5 Å². The Bertz CT molecular complexity index is 1010. The minimum Gasteiger partial charge on any atom is -0.491 e. The number of epoxide rings is 2. The fourth-order valence-corrected chi connectivity index (χ4v) is 4.50. The average Bonchev–Trinajstić information content (AvgIpc) is 3.81. The van der Waals surface area contributed by atoms with Gasteiger partial charge in [0.05, 0.1) is 13.2 Å². The number of ether oxygens (including phenoxy) is 4. The summed E-state index contributed by atoms with van der Waals surface area (Å²) < 4.78 is 22.5. The third-order valence-corrected chi connectivity index (χ3v) is 6.94. The molecule has 0 spiro atoms. The molecule has 4 nitrogen and oxygen atoms in total. The third kappa shape index (κ3) is 6.11. The molecule has 0 radical (unpaired) electrons. The lowest BCUT2D eigenvalue weighted by molar-refractivity contribution is 0.260. The van der Waals surface area contributed by atoms with Gasteiger partial charge in [0.15, 0.2) is 0 Å². The van der Waals surface area contributed by atoms with Crippen molar-refractivity contribution < 1.29 is 18.9 Å². The van der Waals surface area contributed by atoms with Gasteiger partial charge >= 0.3 is 0 Å². The number of unbranched alkanes of at least 4 members (excludes halogenated alkanes) is 1. The van der Waals surface area contributed by atoms with Crippen LogP contribution in [0, 0.1) is 0 Å². The minimum absolute atomic E-state index is 0.271. The molecule has 3 aliphatic rings. The summed E-state index contributed by atoms with van der Waals surface area (Å²) >= 11 is 0. The standard InChI is InChI=1S/C30H36O4/c1-3-4-5-21(2)29-16-25(12-15-30(29)34-20-28-19-33-28)24-8-6-22(7-9-24)23-10-13-26(14-11-23)31-17-27-18-32-27/h6,8-16,21-22,27-28H,3-5,7,17-20H2,1-2H3. The lowest BCUT2D eigenvalue weighted by Gasteiger charge is -2.20. The minimum atomic E-state index is 0.271. The Morgan fingerprint density at radius 3 is 2.35 bits per heavy atom. The molecule has 0 saturated carbocycles. The molecule has 180 valence electrons. The SMILES string of the molecule is CCCCC(C)c1cc(C2=CCC(c3ccc(OCC4CO4)cc3)C=C2)ccc1OCC1CO1. The molecule has 2 saturated heterocycles. The van der Waals surface area contributed by atoms with Crippen LogP contribution >= 0.6 is 0 Å². The van der Waals surface area contributed by atoms with E-state index >= 15 is 0 Å². The van der Waals surface area contributed by atoms with Crippen LogP contribution in [0.3, 0.4) is 0 Å². The quantitative estimate of drug-likeness (QED) is 0.332. The van der Waals surface area contributed by atoms with Crippen molar-refractivity contribution in [1.29, 1.82) is 0 Å². The van der Waals surface area contributed by atoms with E-state index in [0.29, 0.717) is 25.0 Å². The lowest BCUT2D eigenvalue weighted by Crippen LogP contribution is -2.08. The smallest absolute Gasteiger partial charge is 0.122 e. The Morgan fingerprint density at radius 1 is 0.971 bits per heavy atom. The van der Waals surface area contributed by atoms with Crippen molar-refractivity contribution in [3.63, 3.8) is 0 Å². The van der Waals surface area contributed by atoms with Gasteiger partial charge in [0, 0.05) is 5.92 Å². The number of benzene rings is 2. The van der Waals surface area contributed by atoms with Crippen LogP contribution in [0.5, 0.6) is 11.5 Å². The number of hydrogen-bond acceptors (Lipinski definition) is 4. The predicted octanol–water partition coefficient (Wildman–Crippen LogP) is 6.66. The zero-order valence-electron chi connectivity index (χ0n) is 20.4. The Hall–Kier alpha value is -2.56. The third-order valence-electron chi connectivity index (χ3n) is 6.94. The van der Waals surface area contributed by atoms with Crippen LogP contribution in [-0.4, -0.2) is 38.6 Å². The van der Waals surface area contributed by atoms with Crippen LogP contribution in [0.25, 0.3) is 5.57 Å². The van der Waals surface area contributed by atoms with Crippen LogP contribution in [0.2, 0.25) is 0 Å². The maximum absolute atomic E-state index is 6.14. The van der Waals surface area contributed by atoms with Crippen molar-refractivity contribution in [2.45, 2.75) is 63.6 Å². The van der Waals surface area contributed by atoms with E-state index < -0.39 is 0 Å². The van der Waals surface area contributed by atoms with Crippen LogP contribution < -0.4 is 9.47 Å². The normalized spacial score (nSPS) is 23.8. The summed E-state index contributed by atoms with van der Waals surface area (Å²) in [7, 11) is 0. The molecule has 0 amide bonds. The molecule has 4 unspecified atom stereocenters. The molecular formula is C30H36O4. The summed E-state index contributed by atoms with van der Waals surface area (Å²) in [5.74, 6) is 2.80. The summed E-state index contributed by atoms with van der Waals surface area (Å²) in [6.45, 7) is 7.51. The van der Waals surface area contributed by atoms with Crippen molar-refractivity contribution in [2.75, 3.05) is 26.4 Å². The number of rotatable bonds is 12. The number of hydrogen-bond donors (Lipinski definition) is 0. The molecule has 2 heterocycles. The van der Waals surface area contributed by atoms with E-state index in [4.69, 9.17) is 18.9 Å². The van der Waals surface area contributed by atoms with Crippen LogP contribution in [0.1, 0.15) is 68.1 Å². The summed E-state index contributed by atoms with van der Waals surface area (Å²) in [4.78, 5) is 0. The zero-order chi connectivity index (χ0) is 23.3. The Kier molecular flexibility index (Phi) is 7.36. The van der Waals surface area contributed by atoms with Crippen LogP contribution in [0.15, 0.2) is 60.7 Å². The lowest BCUT2D eigenvalue weighted by atomic mass is 9.86. The topological polar surface area (TPSA) is 43.5 Å². The van der Waals surface area contributed by atoms with Crippen molar-refractivity contribution in [3.8, 4) is 11.5 Å². The van der Waals surface area contributed by atoms with E-state index in [-0.39, 0.29) is 12.2 Å². The number of allylic oxidation sites excluding steroid dienone is 4. The molecule has 34 heavy (non-hydrogen) atoms. The van der Waals surface area contributed by atoms with Gasteiger partial charge in [-0.3, -0.25) is 0 Å². The van der Waals surface area contributed by atoms with Gasteiger partial charge in [0.25, 0.3) is 0 Å². The second-order valence-corrected chi connectivity index (χ2v) is 9.76. The maximum atomic E-state index is 6.14. The van der Waals surface area contributed by atoms with E-state index in [0.717, 1.165) is 31.1 Å². The van der Waals surface area contributed by atoms with E-state index in [1.54, 1.807) is 0 Å². The first-order valence-corrected chi connectivity index (χ1v) is 12.8. The molecule has 2 aromatic rings. The predicted molar refractivity (Wildman–Crippen MR) is 136 cm³/mol. The maximum Gasteiger partial charge on any atom is 0.122 e. The van der Waals surface area contributed by atoms with Gasteiger partial charge in [-0.05, 0) is 65.3 Å². The highest BCUT2D eigenvalue weighted by Crippen LogP contribution is 2.36. The molecule has 2 aromatic carbocycles. The summed E-state index contributed by atoms with van der Waals surface area (Å²) in [6.07, 6.45) is 12.2. The molecule has 4 atom stereocenters. The molecule has 0 N–H and O–H groups in total. The first-order chi connectivity index (χ1) is 16.7. The fraction of sp³-hybridized carbons (Fsp3) is 0.467. The van der Waals surface area contributed by atoms with Crippen molar-refractivity contribution in [1.82, 2.24) is 0 Å². The summed E-state index contributed by atoms with van der Waals surface area (Å²) in [5, 5.41) is 0. The second kappa shape index (κ2) is 10.8. The van der Waals surface area contributed by atoms with E-state index in [9.17, 15) is 0 Å². The molecule has 0 aromatic heterocycles. The molecule has 5 rings (SSSR count). The van der Waals surface area contributed by atoms with Crippen LogP contribution in [0.4, 0.5) is 0 Å². The summed E-state index contributed by atoms with van der Waals surface area (Å²) in [6, 6.07) is 15.2. The van der Waals surface area contributed by atoms with Gasteiger partial charge in [-0.25, -0.2) is 0 Å². The molecular weight excluding hydrogens is 424 g/mol. The average molecular weight is 461 g/mol. The van der Waals surface area contributed by atoms with E-state index in [2.05, 4.69) is 74.5 Å². The Labute approximate surface area is 203 Å². The van der Waals surface area contributed by atoms with Gasteiger partial charge in [-0.1, -0.05) is 63.1 Å². The first-order valence-electron chi connectivity index (χ1n) is 12.8. The zero-order valence-corrected chi connectivity index (χ0v) is 20.4. The second-order valence-electron chi connectivity index (χ2n) is 9.76. The van der Waals surface area contributed by atoms with Gasteiger partial charge in [0.2, 0.25) is 0 Å². The van der Waals surface area contributed by atoms with Crippen molar-refractivity contribution in [2.24, 2.45) is 0 Å². The molecule has 1 aliphatic carbocycles. The Balaban J connectivity index is 1.25. The first kappa shape index (κ1) is 23.2. The molecule has 0 bridgehead atoms. The Morgan fingerprint density at radius 2 is 1.71 bits per heavy atom. The highest BCUT2D eigenvalue weighted by molar-refractivity contribution is 5.76. The van der Waals surface area contributed by atoms with Crippen molar-refractivity contribution >= 4 is 5.57 Å². The largest absolute Gasteiger partial charge is 0.491 e. The molecule has 2 fully saturated rings. The summed E-state index contributed by atoms with van der Waals surface area (Å²) in [5.41, 5.74) is 5.20. The fourth-order valence-electron chi connectivity index (χ4n) is 4.50. The highest BCUT2D eigenvalue weighted by atomic mass is 16.6. The monoisotopic (exact) mass is 460 g/mol. The highest BCUT2D eigenvalue weighted by Gasteiger charge is 2.25. The van der Waals surface area contributed by atoms with E-state index in [1.807, 2.05) is 0 Å². The van der Waals surface area contributed by atoms with Gasteiger partial charge < -0.3 is 18.9 Å². The molecule has 2 aliphatic heterocycles. The van der Waals surface area contributed by atoms with Crippen molar-refractivity contribution in [3.05, 3.63) is 77.4 Å². The van der Waals surface area contributed by atoms with Crippen LogP contribution in [-0.2, 0) is 9.47 Å². The van der Waals surface area contributed by atoms with Gasteiger partial charge in [-0.2, -0.15) is 0 Å².